The first-order chi connectivity index (χ1) is 10.9. The van der Waals surface area contributed by atoms with Crippen molar-refractivity contribution in [1.82, 2.24) is 0 Å². The Hall–Kier alpha value is -3.29. The minimum atomic E-state index is -0.519. The zero-order valence-corrected chi connectivity index (χ0v) is 12.2. The molecule has 0 unspecified atom stereocenters. The fourth-order valence-electron chi connectivity index (χ4n) is 2.01. The van der Waals surface area contributed by atoms with Crippen LogP contribution in [0.4, 0.5) is 17.1 Å². The summed E-state index contributed by atoms with van der Waals surface area (Å²) in [6, 6.07) is 10.1. The molecule has 0 aliphatic rings. The molecule has 2 aromatic carbocycles. The van der Waals surface area contributed by atoms with E-state index in [1.54, 1.807) is 19.1 Å². The summed E-state index contributed by atoms with van der Waals surface area (Å²) >= 11 is 0. The third kappa shape index (κ3) is 4.10. The second-order valence-corrected chi connectivity index (χ2v) is 4.91. The van der Waals surface area contributed by atoms with Crippen molar-refractivity contribution in [2.45, 2.75) is 13.3 Å². The maximum Gasteiger partial charge on any atom is 0.274 e. The number of non-ortho nitro benzene ring substituents is 1. The molecule has 118 valence electrons. The summed E-state index contributed by atoms with van der Waals surface area (Å²) in [6.07, 6.45) is 0.0136. The van der Waals surface area contributed by atoms with Crippen LogP contribution in [0.2, 0.25) is 0 Å². The average molecular weight is 315 g/mol. The smallest absolute Gasteiger partial charge is 0.274 e. The Morgan fingerprint density at radius 2 is 1.70 bits per heavy atom. The zero-order chi connectivity index (χ0) is 17.0. The van der Waals surface area contributed by atoms with Crippen molar-refractivity contribution in [2.24, 2.45) is 0 Å². The normalized spacial score (nSPS) is 10.1. The van der Waals surface area contributed by atoms with Crippen molar-refractivity contribution in [3.8, 4) is 0 Å². The van der Waals surface area contributed by atoms with Crippen molar-refractivity contribution in [1.29, 1.82) is 0 Å². The molecule has 0 bridgehead atoms. The number of nitro benzene ring substituents is 2. The fraction of sp³-hybridized carbons (Fsp3) is 0.133. The highest BCUT2D eigenvalue weighted by atomic mass is 16.6. The van der Waals surface area contributed by atoms with Gasteiger partial charge in [-0.05, 0) is 18.6 Å². The second-order valence-electron chi connectivity index (χ2n) is 4.91. The Morgan fingerprint density at radius 3 is 2.26 bits per heavy atom. The molecule has 0 aliphatic carbocycles. The minimum Gasteiger partial charge on any atom is -0.326 e. The molecule has 8 heteroatoms. The molecule has 2 aromatic rings. The summed E-state index contributed by atoms with van der Waals surface area (Å²) in [5.74, 6) is -0.364. The molecule has 0 fully saturated rings. The number of benzene rings is 2. The molecular weight excluding hydrogens is 302 g/mol. The van der Waals surface area contributed by atoms with Crippen LogP contribution in [-0.2, 0) is 11.2 Å². The minimum absolute atomic E-state index is 0.0136. The van der Waals surface area contributed by atoms with Crippen LogP contribution >= 0.6 is 0 Å². The van der Waals surface area contributed by atoms with E-state index in [2.05, 4.69) is 5.32 Å². The van der Waals surface area contributed by atoms with Gasteiger partial charge in [0.05, 0.1) is 16.3 Å². The van der Waals surface area contributed by atoms with Gasteiger partial charge >= 0.3 is 0 Å². The SMILES string of the molecule is Cc1ccc(NC(=O)Cc2ccc([N+](=O)[O-])cc2)cc1[N+](=O)[O-]. The van der Waals surface area contributed by atoms with Gasteiger partial charge in [0.1, 0.15) is 0 Å². The van der Waals surface area contributed by atoms with Crippen LogP contribution in [0, 0.1) is 27.2 Å². The molecule has 0 aliphatic heterocycles. The lowest BCUT2D eigenvalue weighted by molar-refractivity contribution is -0.385. The van der Waals surface area contributed by atoms with Crippen molar-refractivity contribution in [3.05, 3.63) is 73.8 Å². The molecule has 23 heavy (non-hydrogen) atoms. The average Bonchev–Trinajstić information content (AvgIpc) is 2.49. The van der Waals surface area contributed by atoms with Crippen LogP contribution in [0.3, 0.4) is 0 Å². The first-order valence-electron chi connectivity index (χ1n) is 6.65. The van der Waals surface area contributed by atoms with Gasteiger partial charge in [-0.25, -0.2) is 0 Å². The van der Waals surface area contributed by atoms with Crippen LogP contribution in [0.15, 0.2) is 42.5 Å². The number of aryl methyl sites for hydroxylation is 1. The van der Waals surface area contributed by atoms with Crippen LogP contribution in [0.25, 0.3) is 0 Å². The first-order valence-corrected chi connectivity index (χ1v) is 6.65. The maximum atomic E-state index is 12.0. The van der Waals surface area contributed by atoms with E-state index in [1.807, 2.05) is 0 Å². The van der Waals surface area contributed by atoms with E-state index in [4.69, 9.17) is 0 Å². The van der Waals surface area contributed by atoms with E-state index in [0.29, 0.717) is 16.8 Å². The Labute approximate surface area is 131 Å². The summed E-state index contributed by atoms with van der Waals surface area (Å²) in [5.41, 5.74) is 1.31. The van der Waals surface area contributed by atoms with Gasteiger partial charge in [0.15, 0.2) is 0 Å². The van der Waals surface area contributed by atoms with Gasteiger partial charge in [0.2, 0.25) is 5.91 Å². The Kier molecular flexibility index (Phi) is 4.65. The van der Waals surface area contributed by atoms with Crippen molar-refractivity contribution < 1.29 is 14.6 Å². The quantitative estimate of drug-likeness (QED) is 0.672. The van der Waals surface area contributed by atoms with E-state index < -0.39 is 9.85 Å². The molecule has 0 heterocycles. The van der Waals surface area contributed by atoms with E-state index in [0.717, 1.165) is 0 Å². The van der Waals surface area contributed by atoms with E-state index in [9.17, 15) is 25.0 Å². The van der Waals surface area contributed by atoms with Crippen LogP contribution in [0.5, 0.6) is 0 Å². The lowest BCUT2D eigenvalue weighted by Crippen LogP contribution is -2.14. The molecule has 0 atom stereocenters. The topological polar surface area (TPSA) is 115 Å². The van der Waals surface area contributed by atoms with E-state index in [1.165, 1.54) is 30.3 Å². The van der Waals surface area contributed by atoms with Crippen LogP contribution in [0.1, 0.15) is 11.1 Å². The van der Waals surface area contributed by atoms with Gasteiger partial charge in [-0.1, -0.05) is 18.2 Å². The molecule has 0 aromatic heterocycles. The molecular formula is C15H13N3O5. The van der Waals surface area contributed by atoms with Gasteiger partial charge in [0.25, 0.3) is 11.4 Å². The molecule has 0 saturated heterocycles. The molecule has 0 saturated carbocycles. The molecule has 1 N–H and O–H groups in total. The Morgan fingerprint density at radius 1 is 1.04 bits per heavy atom. The molecule has 2 rings (SSSR count). The number of nitrogens with zero attached hydrogens (tertiary/aromatic N) is 2. The maximum absolute atomic E-state index is 12.0. The second kappa shape index (κ2) is 6.65. The zero-order valence-electron chi connectivity index (χ0n) is 12.2. The number of rotatable bonds is 5. The molecule has 0 spiro atoms. The monoisotopic (exact) mass is 315 g/mol. The fourth-order valence-corrected chi connectivity index (χ4v) is 2.01. The first kappa shape index (κ1) is 16.1. The van der Waals surface area contributed by atoms with Crippen LogP contribution in [-0.4, -0.2) is 15.8 Å². The summed E-state index contributed by atoms with van der Waals surface area (Å²) in [6.45, 7) is 1.61. The number of nitrogens with one attached hydrogen (secondary N) is 1. The highest BCUT2D eigenvalue weighted by Gasteiger charge is 2.13. The van der Waals surface area contributed by atoms with Gasteiger partial charge < -0.3 is 5.32 Å². The largest absolute Gasteiger partial charge is 0.326 e. The Bertz CT molecular complexity index is 771. The Balaban J connectivity index is 2.06. The highest BCUT2D eigenvalue weighted by Crippen LogP contribution is 2.22. The third-order valence-corrected chi connectivity index (χ3v) is 3.20. The van der Waals surface area contributed by atoms with Crippen LogP contribution < -0.4 is 5.32 Å². The summed E-state index contributed by atoms with van der Waals surface area (Å²) in [7, 11) is 0. The van der Waals surface area contributed by atoms with Gasteiger partial charge in [-0.3, -0.25) is 25.0 Å². The molecule has 8 nitrogen and oxygen atoms in total. The summed E-state index contributed by atoms with van der Waals surface area (Å²) < 4.78 is 0. The summed E-state index contributed by atoms with van der Waals surface area (Å²) in [4.78, 5) is 32.4. The standard InChI is InChI=1S/C15H13N3O5/c1-10-2-5-12(9-14(10)18(22)23)16-15(19)8-11-3-6-13(7-4-11)17(20)21/h2-7,9H,8H2,1H3,(H,16,19). The van der Waals surface area contributed by atoms with Gasteiger partial charge in [-0.15, -0.1) is 0 Å². The van der Waals surface area contributed by atoms with Crippen molar-refractivity contribution >= 4 is 23.0 Å². The molecule has 1 amide bonds. The van der Waals surface area contributed by atoms with Crippen molar-refractivity contribution in [3.63, 3.8) is 0 Å². The number of anilines is 1. The lowest BCUT2D eigenvalue weighted by atomic mass is 10.1. The number of hydrogen-bond donors (Lipinski definition) is 1. The number of carbonyl (C=O) groups excluding carboxylic acids is 1. The number of hydrogen-bond acceptors (Lipinski definition) is 5. The third-order valence-electron chi connectivity index (χ3n) is 3.20. The lowest BCUT2D eigenvalue weighted by Gasteiger charge is -2.06. The predicted octanol–water partition coefficient (Wildman–Crippen LogP) is 2.99. The van der Waals surface area contributed by atoms with E-state index in [-0.39, 0.29) is 23.7 Å². The van der Waals surface area contributed by atoms with E-state index >= 15 is 0 Å². The molecule has 0 radical (unpaired) electrons. The van der Waals surface area contributed by atoms with Crippen molar-refractivity contribution in [2.75, 3.05) is 5.32 Å². The van der Waals surface area contributed by atoms with Gasteiger partial charge in [-0.2, -0.15) is 0 Å². The highest BCUT2D eigenvalue weighted by molar-refractivity contribution is 5.92. The predicted molar refractivity (Wildman–Crippen MR) is 83.3 cm³/mol. The summed E-state index contributed by atoms with van der Waals surface area (Å²) in [5, 5.41) is 24.0. The number of amides is 1. The van der Waals surface area contributed by atoms with Gasteiger partial charge in [0, 0.05) is 29.4 Å². The number of carbonyl (C=O) groups is 1. The number of nitro groups is 2.